The van der Waals surface area contributed by atoms with E-state index in [-0.39, 0.29) is 24.9 Å². The molecule has 0 bridgehead atoms. The van der Waals surface area contributed by atoms with Crippen LogP contribution in [0.15, 0.2) is 60.9 Å². The van der Waals surface area contributed by atoms with Crippen molar-refractivity contribution in [3.05, 3.63) is 71.0 Å². The molecule has 0 fully saturated rings. The Kier molecular flexibility index (Phi) is 6.46. The molecule has 1 amide bonds. The number of hydrogen-bond acceptors (Lipinski definition) is 5. The lowest BCUT2D eigenvalue weighted by Gasteiger charge is -2.09. The SMILES string of the molecule is O=C(CCOc1ccc(Cl)c(Cl)c1)Nc1ccc(Oc2ncccn2)cc1. The van der Waals surface area contributed by atoms with E-state index in [4.69, 9.17) is 32.7 Å². The monoisotopic (exact) mass is 403 g/mol. The topological polar surface area (TPSA) is 73.3 Å². The number of anilines is 1. The number of aromatic nitrogens is 2. The van der Waals surface area contributed by atoms with Crippen LogP contribution in [-0.4, -0.2) is 22.5 Å². The summed E-state index contributed by atoms with van der Waals surface area (Å²) in [4.78, 5) is 20.0. The van der Waals surface area contributed by atoms with Crippen LogP contribution in [0.2, 0.25) is 10.0 Å². The number of carbonyl (C=O) groups excluding carboxylic acids is 1. The molecule has 0 radical (unpaired) electrons. The minimum atomic E-state index is -0.171. The molecule has 2 aromatic carbocycles. The highest BCUT2D eigenvalue weighted by Gasteiger charge is 2.06. The first-order valence-electron chi connectivity index (χ1n) is 8.03. The second-order valence-corrected chi connectivity index (χ2v) is 6.19. The van der Waals surface area contributed by atoms with E-state index in [1.807, 2.05) is 0 Å². The molecule has 138 valence electrons. The second kappa shape index (κ2) is 9.21. The Morgan fingerprint density at radius 1 is 0.963 bits per heavy atom. The number of rotatable bonds is 7. The van der Waals surface area contributed by atoms with E-state index in [0.717, 1.165) is 0 Å². The molecule has 0 atom stereocenters. The van der Waals surface area contributed by atoms with E-state index in [0.29, 0.717) is 27.2 Å². The zero-order chi connectivity index (χ0) is 19.1. The molecular weight excluding hydrogens is 389 g/mol. The van der Waals surface area contributed by atoms with Crippen molar-refractivity contribution in [3.63, 3.8) is 0 Å². The third-order valence-corrected chi connectivity index (χ3v) is 4.12. The second-order valence-electron chi connectivity index (χ2n) is 5.38. The molecule has 27 heavy (non-hydrogen) atoms. The number of halogens is 2. The van der Waals surface area contributed by atoms with Gasteiger partial charge in [-0.1, -0.05) is 23.2 Å². The molecule has 8 heteroatoms. The molecule has 0 aliphatic carbocycles. The maximum absolute atomic E-state index is 12.0. The standard InChI is InChI=1S/C19H15Cl2N3O3/c20-16-7-6-15(12-17(16)21)26-11-8-18(25)24-13-2-4-14(5-3-13)27-19-22-9-1-10-23-19/h1-7,9-10,12H,8,11H2,(H,24,25). The van der Waals surface area contributed by atoms with Crippen molar-refractivity contribution in [1.29, 1.82) is 0 Å². The van der Waals surface area contributed by atoms with E-state index in [9.17, 15) is 4.79 Å². The first kappa shape index (κ1) is 18.9. The Balaban J connectivity index is 1.45. The molecular formula is C19H15Cl2N3O3. The van der Waals surface area contributed by atoms with Gasteiger partial charge in [0.1, 0.15) is 11.5 Å². The Bertz CT molecular complexity index is 906. The molecule has 1 aromatic heterocycles. The average molecular weight is 404 g/mol. The van der Waals surface area contributed by atoms with Crippen LogP contribution in [0.1, 0.15) is 6.42 Å². The van der Waals surface area contributed by atoms with Gasteiger partial charge in [-0.25, -0.2) is 9.97 Å². The predicted octanol–water partition coefficient (Wildman–Crippen LogP) is 4.98. The Morgan fingerprint density at radius 3 is 2.37 bits per heavy atom. The molecule has 1 N–H and O–H groups in total. The van der Waals surface area contributed by atoms with Crippen molar-refractivity contribution in [1.82, 2.24) is 9.97 Å². The number of amides is 1. The molecule has 6 nitrogen and oxygen atoms in total. The molecule has 0 aliphatic rings. The fraction of sp³-hybridized carbons (Fsp3) is 0.105. The lowest BCUT2D eigenvalue weighted by atomic mass is 10.3. The molecule has 1 heterocycles. The highest BCUT2D eigenvalue weighted by atomic mass is 35.5. The van der Waals surface area contributed by atoms with Gasteiger partial charge in [-0.2, -0.15) is 0 Å². The van der Waals surface area contributed by atoms with Crippen LogP contribution in [-0.2, 0) is 4.79 Å². The van der Waals surface area contributed by atoms with Crippen molar-refractivity contribution >= 4 is 34.8 Å². The summed E-state index contributed by atoms with van der Waals surface area (Å²) < 4.78 is 11.0. The van der Waals surface area contributed by atoms with Gasteiger partial charge in [0.2, 0.25) is 5.91 Å². The van der Waals surface area contributed by atoms with Gasteiger partial charge in [0.05, 0.1) is 23.1 Å². The highest BCUT2D eigenvalue weighted by molar-refractivity contribution is 6.42. The number of carbonyl (C=O) groups is 1. The minimum Gasteiger partial charge on any atom is -0.493 e. The van der Waals surface area contributed by atoms with Gasteiger partial charge in [0, 0.05) is 24.1 Å². The first-order chi connectivity index (χ1) is 13.1. The maximum Gasteiger partial charge on any atom is 0.321 e. The lowest BCUT2D eigenvalue weighted by Crippen LogP contribution is -2.15. The quantitative estimate of drug-likeness (QED) is 0.601. The number of ether oxygens (including phenoxy) is 2. The van der Waals surface area contributed by atoms with Gasteiger partial charge in [-0.3, -0.25) is 4.79 Å². The summed E-state index contributed by atoms with van der Waals surface area (Å²) in [5, 5.41) is 3.64. The summed E-state index contributed by atoms with van der Waals surface area (Å²) in [6.45, 7) is 0.219. The summed E-state index contributed by atoms with van der Waals surface area (Å²) in [6.07, 6.45) is 3.38. The first-order valence-corrected chi connectivity index (χ1v) is 8.78. The van der Waals surface area contributed by atoms with Crippen molar-refractivity contribution in [2.24, 2.45) is 0 Å². The summed E-state index contributed by atoms with van der Waals surface area (Å²) >= 11 is 11.8. The third kappa shape index (κ3) is 5.84. The van der Waals surface area contributed by atoms with Crippen LogP contribution < -0.4 is 14.8 Å². The Hall–Kier alpha value is -2.83. The van der Waals surface area contributed by atoms with Crippen molar-refractivity contribution in [2.45, 2.75) is 6.42 Å². The highest BCUT2D eigenvalue weighted by Crippen LogP contribution is 2.26. The van der Waals surface area contributed by atoms with Gasteiger partial charge in [0.15, 0.2) is 0 Å². The minimum absolute atomic E-state index is 0.171. The maximum atomic E-state index is 12.0. The van der Waals surface area contributed by atoms with Gasteiger partial charge in [-0.15, -0.1) is 0 Å². The Morgan fingerprint density at radius 2 is 1.67 bits per heavy atom. The fourth-order valence-corrected chi connectivity index (χ4v) is 2.39. The molecule has 0 saturated heterocycles. The van der Waals surface area contributed by atoms with E-state index in [1.54, 1.807) is 60.9 Å². The van der Waals surface area contributed by atoms with E-state index >= 15 is 0 Å². The van der Waals surface area contributed by atoms with Crippen LogP contribution >= 0.6 is 23.2 Å². The van der Waals surface area contributed by atoms with E-state index in [1.165, 1.54) is 0 Å². The van der Waals surface area contributed by atoms with Gasteiger partial charge in [0.25, 0.3) is 0 Å². The summed E-state index contributed by atoms with van der Waals surface area (Å²) in [7, 11) is 0. The van der Waals surface area contributed by atoms with Crippen LogP contribution in [0.5, 0.6) is 17.5 Å². The molecule has 0 unspecified atom stereocenters. The third-order valence-electron chi connectivity index (χ3n) is 3.38. The van der Waals surface area contributed by atoms with Gasteiger partial charge >= 0.3 is 6.01 Å². The van der Waals surface area contributed by atoms with Gasteiger partial charge < -0.3 is 14.8 Å². The number of benzene rings is 2. The van der Waals surface area contributed by atoms with Crippen LogP contribution in [0, 0.1) is 0 Å². The molecule has 3 aromatic rings. The normalized spacial score (nSPS) is 10.3. The zero-order valence-corrected chi connectivity index (χ0v) is 15.6. The zero-order valence-electron chi connectivity index (χ0n) is 14.1. The average Bonchev–Trinajstić information content (AvgIpc) is 2.67. The van der Waals surface area contributed by atoms with Crippen molar-refractivity contribution < 1.29 is 14.3 Å². The van der Waals surface area contributed by atoms with Crippen LogP contribution in [0.25, 0.3) is 0 Å². The van der Waals surface area contributed by atoms with E-state index in [2.05, 4.69) is 15.3 Å². The number of nitrogens with one attached hydrogen (secondary N) is 1. The Labute approximate surface area is 166 Å². The lowest BCUT2D eigenvalue weighted by molar-refractivity contribution is -0.116. The summed E-state index contributed by atoms with van der Waals surface area (Å²) in [6, 6.07) is 13.8. The van der Waals surface area contributed by atoms with Crippen molar-refractivity contribution in [3.8, 4) is 17.5 Å². The molecule has 3 rings (SSSR count). The summed E-state index contributed by atoms with van der Waals surface area (Å²) in [5.41, 5.74) is 0.649. The smallest absolute Gasteiger partial charge is 0.321 e. The van der Waals surface area contributed by atoms with Crippen molar-refractivity contribution in [2.75, 3.05) is 11.9 Å². The predicted molar refractivity (Wildman–Crippen MR) is 104 cm³/mol. The van der Waals surface area contributed by atoms with Crippen LogP contribution in [0.4, 0.5) is 5.69 Å². The molecule has 0 saturated carbocycles. The number of nitrogens with zero attached hydrogens (tertiary/aromatic N) is 2. The fourth-order valence-electron chi connectivity index (χ4n) is 2.10. The number of hydrogen-bond donors (Lipinski definition) is 1. The van der Waals surface area contributed by atoms with Crippen LogP contribution in [0.3, 0.4) is 0 Å². The van der Waals surface area contributed by atoms with Gasteiger partial charge in [-0.05, 0) is 42.5 Å². The summed E-state index contributed by atoms with van der Waals surface area (Å²) in [5.74, 6) is 0.958. The molecule has 0 aliphatic heterocycles. The largest absolute Gasteiger partial charge is 0.493 e. The molecule has 0 spiro atoms. The van der Waals surface area contributed by atoms with E-state index < -0.39 is 0 Å².